The molecule has 1 aliphatic carbocycles. The van der Waals surface area contributed by atoms with Gasteiger partial charge in [0.2, 0.25) is 0 Å². The van der Waals surface area contributed by atoms with Crippen LogP contribution < -0.4 is 4.18 Å². The van der Waals surface area contributed by atoms with E-state index in [4.69, 9.17) is 0 Å². The van der Waals surface area contributed by atoms with Crippen molar-refractivity contribution < 1.29 is 25.8 Å². The zero-order valence-electron chi connectivity index (χ0n) is 28.0. The van der Waals surface area contributed by atoms with Crippen LogP contribution in [0.2, 0.25) is 0 Å². The molecule has 0 fully saturated rings. The van der Waals surface area contributed by atoms with Crippen molar-refractivity contribution in [1.82, 2.24) is 0 Å². The number of fused-ring (bicyclic) bond motifs is 5. The van der Waals surface area contributed by atoms with Crippen LogP contribution in [-0.4, -0.2) is 13.9 Å². The van der Waals surface area contributed by atoms with E-state index in [0.717, 1.165) is 55.5 Å². The van der Waals surface area contributed by atoms with E-state index in [1.807, 2.05) is 24.3 Å². The molecule has 0 N–H and O–H groups in total. The molecule has 0 aliphatic heterocycles. The van der Waals surface area contributed by atoms with Gasteiger partial charge >= 0.3 is 15.6 Å². The summed E-state index contributed by atoms with van der Waals surface area (Å²) in [5.74, 6) is -0.406. The molecule has 9 rings (SSSR count). The predicted molar refractivity (Wildman–Crippen MR) is 205 cm³/mol. The highest BCUT2D eigenvalue weighted by atomic mass is 32.2. The van der Waals surface area contributed by atoms with Crippen LogP contribution in [0.15, 0.2) is 176 Å². The van der Waals surface area contributed by atoms with Crippen molar-refractivity contribution >= 4 is 31.7 Å². The van der Waals surface area contributed by atoms with Gasteiger partial charge in [0.05, 0.1) is 5.41 Å². The number of halogens is 3. The Balaban J connectivity index is 1.21. The standard InChI is InChI=1S/C46H29F3O3S/c47-46(48,49)53(50,51)52-40-22-19-34-26-33(17-18-35(34)27-40)37-21-24-42-41-23-20-36(32-16-15-30-9-7-8-10-31(30)25-32)28-43(41)45(44(42)29-37,38-11-3-1-4-12-38)39-13-5-2-6-14-39/h1-29H. The zero-order valence-corrected chi connectivity index (χ0v) is 28.8. The molecule has 0 bridgehead atoms. The highest BCUT2D eigenvalue weighted by Crippen LogP contribution is 2.57. The average molecular weight is 719 g/mol. The van der Waals surface area contributed by atoms with Gasteiger partial charge in [-0.1, -0.05) is 140 Å². The van der Waals surface area contributed by atoms with Gasteiger partial charge in [-0.15, -0.1) is 0 Å². The van der Waals surface area contributed by atoms with Crippen LogP contribution >= 0.6 is 0 Å². The van der Waals surface area contributed by atoms with E-state index in [9.17, 15) is 21.6 Å². The summed E-state index contributed by atoms with van der Waals surface area (Å²) >= 11 is 0. The molecule has 0 atom stereocenters. The lowest BCUT2D eigenvalue weighted by Gasteiger charge is -2.34. The maximum absolute atomic E-state index is 13.0. The maximum atomic E-state index is 13.0. The fraction of sp³-hybridized carbons (Fsp3) is 0.0435. The van der Waals surface area contributed by atoms with E-state index >= 15 is 0 Å². The number of hydrogen-bond donors (Lipinski definition) is 0. The summed E-state index contributed by atoms with van der Waals surface area (Å²) in [6.07, 6.45) is 0. The highest BCUT2D eigenvalue weighted by molar-refractivity contribution is 7.88. The second kappa shape index (κ2) is 12.2. The molecule has 1 aliphatic rings. The first-order valence-corrected chi connectivity index (χ1v) is 18.5. The highest BCUT2D eigenvalue weighted by Gasteiger charge is 2.49. The SMILES string of the molecule is O=S(=O)(Oc1ccc2cc(-c3ccc4c(c3)C(c3ccccc3)(c3ccccc3)c3cc(-c5ccc6ccccc6c5)ccc3-4)ccc2c1)C(F)(F)F. The third-order valence-electron chi connectivity index (χ3n) is 10.3. The van der Waals surface area contributed by atoms with Crippen LogP contribution in [0.25, 0.3) is 54.9 Å². The molecule has 0 saturated carbocycles. The van der Waals surface area contributed by atoms with Crippen molar-refractivity contribution in [2.24, 2.45) is 0 Å². The monoisotopic (exact) mass is 718 g/mol. The first-order chi connectivity index (χ1) is 25.6. The van der Waals surface area contributed by atoms with Crippen molar-refractivity contribution in [3.05, 3.63) is 198 Å². The van der Waals surface area contributed by atoms with Crippen LogP contribution in [0.4, 0.5) is 13.2 Å². The molecular formula is C46H29F3O3S. The van der Waals surface area contributed by atoms with Gasteiger partial charge in [0.15, 0.2) is 0 Å². The summed E-state index contributed by atoms with van der Waals surface area (Å²) in [5.41, 5.74) is 4.85. The Bertz CT molecular complexity index is 2770. The lowest BCUT2D eigenvalue weighted by molar-refractivity contribution is -0.0500. The molecule has 258 valence electrons. The second-order valence-corrected chi connectivity index (χ2v) is 14.8. The van der Waals surface area contributed by atoms with Crippen molar-refractivity contribution in [3.8, 4) is 39.1 Å². The molecule has 53 heavy (non-hydrogen) atoms. The Hall–Kier alpha value is -6.18. The summed E-state index contributed by atoms with van der Waals surface area (Å²) in [6.45, 7) is 0. The molecule has 0 saturated heterocycles. The van der Waals surface area contributed by atoms with Crippen LogP contribution in [0.1, 0.15) is 22.3 Å². The van der Waals surface area contributed by atoms with E-state index in [2.05, 4.69) is 132 Å². The van der Waals surface area contributed by atoms with Gasteiger partial charge < -0.3 is 4.18 Å². The van der Waals surface area contributed by atoms with Gasteiger partial charge in [-0.05, 0) is 114 Å². The van der Waals surface area contributed by atoms with Crippen LogP contribution in [0.5, 0.6) is 5.75 Å². The first-order valence-electron chi connectivity index (χ1n) is 17.1. The normalized spacial score (nSPS) is 13.5. The minimum Gasteiger partial charge on any atom is -0.376 e. The summed E-state index contributed by atoms with van der Waals surface area (Å²) in [6, 6.07) is 59.1. The van der Waals surface area contributed by atoms with Crippen LogP contribution in [0.3, 0.4) is 0 Å². The van der Waals surface area contributed by atoms with Crippen molar-refractivity contribution in [1.29, 1.82) is 0 Å². The topological polar surface area (TPSA) is 43.4 Å². The van der Waals surface area contributed by atoms with E-state index in [1.165, 1.54) is 28.5 Å². The predicted octanol–water partition coefficient (Wildman–Crippen LogP) is 11.9. The minimum atomic E-state index is -5.78. The number of alkyl halides is 3. The van der Waals surface area contributed by atoms with Gasteiger partial charge in [-0.25, -0.2) is 0 Å². The Labute approximate surface area is 304 Å². The van der Waals surface area contributed by atoms with Crippen molar-refractivity contribution in [3.63, 3.8) is 0 Å². The van der Waals surface area contributed by atoms with Gasteiger partial charge in [-0.2, -0.15) is 21.6 Å². The molecule has 0 amide bonds. The minimum absolute atomic E-state index is 0.406. The molecule has 8 aromatic carbocycles. The Morgan fingerprint density at radius 3 is 1.40 bits per heavy atom. The molecule has 7 heteroatoms. The van der Waals surface area contributed by atoms with Crippen LogP contribution in [-0.2, 0) is 15.5 Å². The Morgan fingerprint density at radius 2 is 0.849 bits per heavy atom. The quantitative estimate of drug-likeness (QED) is 0.127. The number of hydrogen-bond acceptors (Lipinski definition) is 3. The van der Waals surface area contributed by atoms with Crippen molar-refractivity contribution in [2.45, 2.75) is 10.9 Å². The molecule has 0 spiro atoms. The molecule has 3 nitrogen and oxygen atoms in total. The summed E-state index contributed by atoms with van der Waals surface area (Å²) in [7, 11) is -5.78. The maximum Gasteiger partial charge on any atom is 0.534 e. The average Bonchev–Trinajstić information content (AvgIpc) is 3.47. The molecule has 0 radical (unpaired) electrons. The van der Waals surface area contributed by atoms with Gasteiger partial charge in [-0.3, -0.25) is 0 Å². The summed E-state index contributed by atoms with van der Waals surface area (Å²) in [4.78, 5) is 0. The second-order valence-electron chi connectivity index (χ2n) is 13.3. The van der Waals surface area contributed by atoms with Crippen LogP contribution in [0, 0.1) is 0 Å². The van der Waals surface area contributed by atoms with Crippen molar-refractivity contribution in [2.75, 3.05) is 0 Å². The Morgan fingerprint density at radius 1 is 0.434 bits per heavy atom. The zero-order chi connectivity index (χ0) is 36.4. The molecule has 8 aromatic rings. The van der Waals surface area contributed by atoms with E-state index in [0.29, 0.717) is 5.39 Å². The Kier molecular flexibility index (Phi) is 7.54. The fourth-order valence-electron chi connectivity index (χ4n) is 7.85. The summed E-state index contributed by atoms with van der Waals surface area (Å²) in [5, 5.41) is 3.64. The summed E-state index contributed by atoms with van der Waals surface area (Å²) < 4.78 is 66.5. The first kappa shape index (κ1) is 32.7. The molecule has 0 heterocycles. The molecular weight excluding hydrogens is 690 g/mol. The largest absolute Gasteiger partial charge is 0.534 e. The van der Waals surface area contributed by atoms with Gasteiger partial charge in [0, 0.05) is 0 Å². The smallest absolute Gasteiger partial charge is 0.376 e. The lowest BCUT2D eigenvalue weighted by Crippen LogP contribution is -2.28. The number of rotatable bonds is 6. The number of benzene rings is 8. The van der Waals surface area contributed by atoms with E-state index in [-0.39, 0.29) is 0 Å². The van der Waals surface area contributed by atoms with Gasteiger partial charge in [0.1, 0.15) is 5.75 Å². The third-order valence-corrected chi connectivity index (χ3v) is 11.2. The molecule has 0 unspecified atom stereocenters. The van der Waals surface area contributed by atoms with E-state index < -0.39 is 26.8 Å². The molecule has 0 aromatic heterocycles. The van der Waals surface area contributed by atoms with E-state index in [1.54, 1.807) is 12.1 Å². The third kappa shape index (κ3) is 5.39. The van der Waals surface area contributed by atoms with Gasteiger partial charge in [0.25, 0.3) is 0 Å². The fourth-order valence-corrected chi connectivity index (χ4v) is 8.30. The lowest BCUT2D eigenvalue weighted by atomic mass is 9.67.